The molecule has 0 spiro atoms. The predicted octanol–water partition coefficient (Wildman–Crippen LogP) is 4.95. The number of aliphatic carboxylic acids is 2. The van der Waals surface area contributed by atoms with Crippen LogP contribution in [-0.4, -0.2) is 57.0 Å². The summed E-state index contributed by atoms with van der Waals surface area (Å²) < 4.78 is 11.4. The second-order valence-electron chi connectivity index (χ2n) is 7.86. The van der Waals surface area contributed by atoms with E-state index in [1.54, 1.807) is 24.3 Å². The number of nitrogens with zero attached hydrogens (tertiary/aromatic N) is 1. The summed E-state index contributed by atoms with van der Waals surface area (Å²) in [6.45, 7) is 2.78. The normalized spacial score (nSPS) is 15.6. The number of carboxylic acid groups (broad SMARTS) is 2. The summed E-state index contributed by atoms with van der Waals surface area (Å²) in [4.78, 5) is 36.6. The average Bonchev–Trinajstić information content (AvgIpc) is 3.06. The van der Waals surface area contributed by atoms with Gasteiger partial charge in [0.1, 0.15) is 10.4 Å². The van der Waals surface area contributed by atoms with Gasteiger partial charge in [-0.25, -0.2) is 4.79 Å². The van der Waals surface area contributed by atoms with Gasteiger partial charge in [0.15, 0.2) is 11.5 Å². The van der Waals surface area contributed by atoms with Gasteiger partial charge < -0.3 is 19.7 Å². The van der Waals surface area contributed by atoms with Crippen LogP contribution >= 0.6 is 24.0 Å². The third-order valence-corrected chi connectivity index (χ3v) is 6.62. The number of carboxylic acids is 2. The van der Waals surface area contributed by atoms with Gasteiger partial charge in [-0.2, -0.15) is 0 Å². The maximum absolute atomic E-state index is 12.9. The Morgan fingerprint density at radius 1 is 1.15 bits per heavy atom. The van der Waals surface area contributed by atoms with Gasteiger partial charge in [0.05, 0.1) is 18.6 Å². The molecule has 2 N–H and O–H groups in total. The molecule has 1 fully saturated rings. The van der Waals surface area contributed by atoms with Crippen molar-refractivity contribution in [3.05, 3.63) is 28.7 Å². The van der Waals surface area contributed by atoms with Crippen molar-refractivity contribution in [2.24, 2.45) is 0 Å². The van der Waals surface area contributed by atoms with Gasteiger partial charge in [-0.15, -0.1) is 0 Å². The van der Waals surface area contributed by atoms with Crippen LogP contribution in [0, 0.1) is 0 Å². The lowest BCUT2D eigenvalue weighted by Gasteiger charge is -2.22. The van der Waals surface area contributed by atoms with Crippen LogP contribution in [0.3, 0.4) is 0 Å². The third kappa shape index (κ3) is 8.02. The first-order valence-corrected chi connectivity index (χ1v) is 12.5. The fraction of sp³-hybridized carbons (Fsp3) is 0.500. The Balaban J connectivity index is 2.07. The molecular weight excluding hydrogens is 478 g/mol. The van der Waals surface area contributed by atoms with Gasteiger partial charge in [-0.3, -0.25) is 14.5 Å². The van der Waals surface area contributed by atoms with Crippen LogP contribution in [0.4, 0.5) is 0 Å². The molecule has 1 atom stereocenters. The van der Waals surface area contributed by atoms with Gasteiger partial charge >= 0.3 is 11.9 Å². The molecule has 0 radical (unpaired) electrons. The van der Waals surface area contributed by atoms with Gasteiger partial charge in [0.25, 0.3) is 5.91 Å². The molecule has 1 aliphatic rings. The fourth-order valence-electron chi connectivity index (χ4n) is 3.48. The van der Waals surface area contributed by atoms with Crippen molar-refractivity contribution in [1.82, 2.24) is 4.90 Å². The minimum Gasteiger partial charge on any atom is -0.493 e. The third-order valence-electron chi connectivity index (χ3n) is 5.29. The van der Waals surface area contributed by atoms with Crippen LogP contribution in [0.5, 0.6) is 11.5 Å². The molecule has 0 aromatic heterocycles. The van der Waals surface area contributed by atoms with Crippen molar-refractivity contribution in [2.75, 3.05) is 13.7 Å². The van der Waals surface area contributed by atoms with E-state index in [1.165, 1.54) is 32.8 Å². The molecule has 34 heavy (non-hydrogen) atoms. The standard InChI is InChI=1S/C24H31NO7S2/c1-3-4-5-6-7-8-13-32-18-11-9-16(14-19(18)31-2)15-20-22(28)25(24(33)34-20)17(23(29)30)10-12-21(26)27/h9,11,14-15,17H,3-8,10,12-13H2,1-2H3,(H,26,27)(H,29,30). The summed E-state index contributed by atoms with van der Waals surface area (Å²) in [5, 5.41) is 18.4. The zero-order valence-electron chi connectivity index (χ0n) is 19.5. The largest absolute Gasteiger partial charge is 0.493 e. The molecule has 1 aliphatic heterocycles. The summed E-state index contributed by atoms with van der Waals surface area (Å²) >= 11 is 6.21. The highest BCUT2D eigenvalue weighted by molar-refractivity contribution is 8.26. The first-order chi connectivity index (χ1) is 16.3. The first kappa shape index (κ1) is 27.7. The zero-order chi connectivity index (χ0) is 25.1. The second-order valence-corrected chi connectivity index (χ2v) is 9.54. The van der Waals surface area contributed by atoms with Crippen molar-refractivity contribution in [1.29, 1.82) is 0 Å². The van der Waals surface area contributed by atoms with Gasteiger partial charge in [-0.1, -0.05) is 69.1 Å². The maximum atomic E-state index is 12.9. The molecule has 0 bridgehead atoms. The molecule has 2 rings (SSSR count). The monoisotopic (exact) mass is 509 g/mol. The van der Waals surface area contributed by atoms with Crippen molar-refractivity contribution < 1.29 is 34.1 Å². The molecule has 1 aromatic carbocycles. The molecule has 1 heterocycles. The minimum absolute atomic E-state index is 0.0832. The number of hydrogen-bond acceptors (Lipinski definition) is 7. The maximum Gasteiger partial charge on any atom is 0.326 e. The molecule has 1 amide bonds. The number of amides is 1. The highest BCUT2D eigenvalue weighted by atomic mass is 32.2. The lowest BCUT2D eigenvalue weighted by atomic mass is 10.1. The molecule has 1 unspecified atom stereocenters. The molecular formula is C24H31NO7S2. The van der Waals surface area contributed by atoms with Crippen LogP contribution < -0.4 is 9.47 Å². The van der Waals surface area contributed by atoms with Crippen molar-refractivity contribution in [3.8, 4) is 11.5 Å². The SMILES string of the molecule is CCCCCCCCOc1ccc(C=C2SC(=S)N(C(CCC(=O)O)C(=O)O)C2=O)cc1OC. The molecule has 0 aliphatic carbocycles. The Morgan fingerprint density at radius 3 is 2.50 bits per heavy atom. The van der Waals surface area contributed by atoms with E-state index in [1.807, 2.05) is 0 Å². The van der Waals surface area contributed by atoms with Crippen LogP contribution in [-0.2, 0) is 14.4 Å². The van der Waals surface area contributed by atoms with Crippen LogP contribution in [0.15, 0.2) is 23.1 Å². The number of thioether (sulfide) groups is 1. The first-order valence-electron chi connectivity index (χ1n) is 11.3. The van der Waals surface area contributed by atoms with E-state index in [0.717, 1.165) is 29.5 Å². The van der Waals surface area contributed by atoms with Crippen molar-refractivity contribution in [2.45, 2.75) is 64.3 Å². The number of benzene rings is 1. The van der Waals surface area contributed by atoms with Gasteiger partial charge in [0.2, 0.25) is 0 Å². The lowest BCUT2D eigenvalue weighted by Crippen LogP contribution is -2.44. The van der Waals surface area contributed by atoms with E-state index < -0.39 is 23.9 Å². The Bertz CT molecular complexity index is 932. The van der Waals surface area contributed by atoms with E-state index in [0.29, 0.717) is 23.7 Å². The van der Waals surface area contributed by atoms with E-state index in [-0.39, 0.29) is 22.1 Å². The van der Waals surface area contributed by atoms with E-state index in [2.05, 4.69) is 6.92 Å². The van der Waals surface area contributed by atoms with Crippen molar-refractivity contribution in [3.63, 3.8) is 0 Å². The molecule has 8 nitrogen and oxygen atoms in total. The number of unbranched alkanes of at least 4 members (excludes halogenated alkanes) is 5. The van der Waals surface area contributed by atoms with E-state index in [4.69, 9.17) is 26.8 Å². The number of ether oxygens (including phenoxy) is 2. The number of carbonyl (C=O) groups excluding carboxylic acids is 1. The highest BCUT2D eigenvalue weighted by Gasteiger charge is 2.40. The Kier molecular flexibility index (Phi) is 11.4. The lowest BCUT2D eigenvalue weighted by molar-refractivity contribution is -0.146. The molecule has 10 heteroatoms. The Morgan fingerprint density at radius 2 is 1.85 bits per heavy atom. The van der Waals surface area contributed by atoms with Gasteiger partial charge in [-0.05, 0) is 36.6 Å². The van der Waals surface area contributed by atoms with Crippen LogP contribution in [0.1, 0.15) is 63.9 Å². The minimum atomic E-state index is -1.33. The van der Waals surface area contributed by atoms with Crippen LogP contribution in [0.25, 0.3) is 6.08 Å². The quantitative estimate of drug-likeness (QED) is 0.192. The summed E-state index contributed by atoms with van der Waals surface area (Å²) in [7, 11) is 1.54. The number of methoxy groups -OCH3 is 1. The van der Waals surface area contributed by atoms with E-state index >= 15 is 0 Å². The number of rotatable bonds is 15. The van der Waals surface area contributed by atoms with Crippen molar-refractivity contribution >= 4 is 52.2 Å². The Labute approximate surface area is 209 Å². The second kappa shape index (κ2) is 14.0. The zero-order valence-corrected chi connectivity index (χ0v) is 21.1. The Hall–Kier alpha value is -2.59. The molecule has 1 aromatic rings. The summed E-state index contributed by atoms with van der Waals surface area (Å²) in [6.07, 6.45) is 7.99. The van der Waals surface area contributed by atoms with E-state index in [9.17, 15) is 19.5 Å². The number of carbonyl (C=O) groups is 3. The molecule has 0 saturated carbocycles. The molecule has 186 valence electrons. The predicted molar refractivity (Wildman–Crippen MR) is 135 cm³/mol. The fourth-order valence-corrected chi connectivity index (χ4v) is 4.84. The van der Waals surface area contributed by atoms with Crippen LogP contribution in [0.2, 0.25) is 0 Å². The average molecular weight is 510 g/mol. The summed E-state index contributed by atoms with van der Waals surface area (Å²) in [5.74, 6) is -1.86. The number of thiocarbonyl (C=S) groups is 1. The topological polar surface area (TPSA) is 113 Å². The summed E-state index contributed by atoms with van der Waals surface area (Å²) in [6, 6.07) is 3.96. The highest BCUT2D eigenvalue weighted by Crippen LogP contribution is 2.36. The smallest absolute Gasteiger partial charge is 0.326 e. The number of hydrogen-bond donors (Lipinski definition) is 2. The van der Waals surface area contributed by atoms with Gasteiger partial charge in [0, 0.05) is 6.42 Å². The summed E-state index contributed by atoms with van der Waals surface area (Å²) in [5.41, 5.74) is 0.668. The molecule has 1 saturated heterocycles.